The molecule has 0 bridgehead atoms. The molecule has 2 aromatic carbocycles. The third-order valence-electron chi connectivity index (χ3n) is 8.04. The molecule has 5 rings (SSSR count). The second-order valence-corrected chi connectivity index (χ2v) is 12.3. The van der Waals surface area contributed by atoms with Crippen molar-refractivity contribution in [2.75, 3.05) is 18.6 Å². The lowest BCUT2D eigenvalue weighted by Gasteiger charge is -2.23. The Balaban J connectivity index is 1.45. The number of hydrogen-bond acceptors (Lipinski definition) is 5. The van der Waals surface area contributed by atoms with Crippen LogP contribution in [0.4, 0.5) is 0 Å². The van der Waals surface area contributed by atoms with Crippen LogP contribution < -0.4 is 14.9 Å². The number of rotatable bonds is 10. The maximum absolute atomic E-state index is 13.8. The molecule has 0 spiro atoms. The first-order valence-electron chi connectivity index (χ1n) is 15.0. The summed E-state index contributed by atoms with van der Waals surface area (Å²) in [6, 6.07) is 14.1. The predicted molar refractivity (Wildman–Crippen MR) is 181 cm³/mol. The predicted octanol–water partition coefficient (Wildman–Crippen LogP) is 8.64. The van der Waals surface area contributed by atoms with Crippen molar-refractivity contribution in [3.8, 4) is 22.6 Å². The van der Waals surface area contributed by atoms with E-state index in [1.807, 2.05) is 73.6 Å². The van der Waals surface area contributed by atoms with E-state index in [2.05, 4.69) is 48.2 Å². The van der Waals surface area contributed by atoms with Crippen LogP contribution in [-0.4, -0.2) is 28.2 Å². The number of nitrogens with zero attached hydrogens (tertiary/aromatic N) is 2. The third kappa shape index (κ3) is 7.14. The maximum Gasteiger partial charge on any atom is 0.197 e. The molecule has 1 fully saturated rings. The molecule has 1 aliphatic rings. The van der Waals surface area contributed by atoms with E-state index < -0.39 is 0 Å². The lowest BCUT2D eigenvalue weighted by Crippen LogP contribution is -2.20. The number of aryl methyl sites for hydroxylation is 2. The molecule has 0 N–H and O–H groups in total. The summed E-state index contributed by atoms with van der Waals surface area (Å²) >= 11 is 2.03. The number of hydrogen-bond donors (Lipinski definition) is 0. The quantitative estimate of drug-likeness (QED) is 0.136. The highest BCUT2D eigenvalue weighted by atomic mass is 32.2. The van der Waals surface area contributed by atoms with Gasteiger partial charge in [0.1, 0.15) is 17.3 Å². The van der Waals surface area contributed by atoms with Crippen LogP contribution in [-0.2, 0) is 13.0 Å². The van der Waals surface area contributed by atoms with Crippen molar-refractivity contribution in [2.24, 2.45) is 5.92 Å². The summed E-state index contributed by atoms with van der Waals surface area (Å²) in [7, 11) is 1.68. The Morgan fingerprint density at radius 3 is 2.56 bits per heavy atom. The minimum atomic E-state index is -0.0157. The van der Waals surface area contributed by atoms with Gasteiger partial charge in [-0.15, -0.1) is 0 Å². The molecule has 1 aliphatic heterocycles. The molecule has 6 heteroatoms. The summed E-state index contributed by atoms with van der Waals surface area (Å²) in [4.78, 5) is 18.4. The number of ether oxygens (including phenoxy) is 2. The van der Waals surface area contributed by atoms with E-state index in [1.165, 1.54) is 24.3 Å². The molecule has 0 radical (unpaired) electrons. The normalized spacial score (nSPS) is 14.4. The van der Waals surface area contributed by atoms with Gasteiger partial charge in [-0.05, 0) is 91.5 Å². The van der Waals surface area contributed by atoms with Crippen molar-refractivity contribution < 1.29 is 9.47 Å². The summed E-state index contributed by atoms with van der Waals surface area (Å²) < 4.78 is 14.1. The van der Waals surface area contributed by atoms with Crippen LogP contribution in [0.1, 0.15) is 43.4 Å². The molecule has 0 amide bonds. The van der Waals surface area contributed by atoms with Crippen molar-refractivity contribution >= 4 is 28.2 Å². The van der Waals surface area contributed by atoms with Gasteiger partial charge < -0.3 is 14.0 Å². The molecule has 0 saturated carbocycles. The minimum Gasteiger partial charge on any atom is -0.496 e. The number of fused-ring (bicyclic) bond motifs is 1. The van der Waals surface area contributed by atoms with Crippen molar-refractivity contribution in [1.82, 2.24) is 9.55 Å². The zero-order valence-electron chi connectivity index (χ0n) is 25.6. The largest absolute Gasteiger partial charge is 0.496 e. The number of pyridine rings is 2. The van der Waals surface area contributed by atoms with Crippen LogP contribution in [0.2, 0.25) is 0 Å². The zero-order chi connectivity index (χ0) is 30.3. The van der Waals surface area contributed by atoms with Crippen LogP contribution in [0.3, 0.4) is 0 Å². The van der Waals surface area contributed by atoms with Gasteiger partial charge in [-0.3, -0.25) is 9.78 Å². The summed E-state index contributed by atoms with van der Waals surface area (Å²) in [5.74, 6) is 5.19. The molecule has 2 aromatic heterocycles. The lowest BCUT2D eigenvalue weighted by atomic mass is 9.99. The van der Waals surface area contributed by atoms with Crippen molar-refractivity contribution in [3.63, 3.8) is 0 Å². The first kappa shape index (κ1) is 30.4. The van der Waals surface area contributed by atoms with Crippen LogP contribution in [0.15, 0.2) is 96.4 Å². The van der Waals surface area contributed by atoms with Crippen LogP contribution in [0, 0.1) is 12.8 Å². The molecular weight excluding hydrogens is 552 g/mol. The van der Waals surface area contributed by atoms with Gasteiger partial charge in [0.25, 0.3) is 0 Å². The van der Waals surface area contributed by atoms with Crippen LogP contribution in [0.5, 0.6) is 11.5 Å². The molecular formula is C37H40N2O3S. The van der Waals surface area contributed by atoms with Gasteiger partial charge in [0.15, 0.2) is 5.43 Å². The Morgan fingerprint density at radius 2 is 1.86 bits per heavy atom. The Labute approximate surface area is 259 Å². The summed E-state index contributed by atoms with van der Waals surface area (Å²) in [6.45, 7) is 11.3. The molecule has 0 aliphatic carbocycles. The van der Waals surface area contributed by atoms with E-state index >= 15 is 0 Å². The summed E-state index contributed by atoms with van der Waals surface area (Å²) in [6.07, 6.45) is 14.6. The number of allylic oxidation sites excluding steroid dienone is 4. The number of methoxy groups -OCH3 is 1. The average Bonchev–Trinajstić information content (AvgIpc) is 3.03. The van der Waals surface area contributed by atoms with Gasteiger partial charge in [0, 0.05) is 47.7 Å². The van der Waals surface area contributed by atoms with E-state index in [1.54, 1.807) is 13.3 Å². The van der Waals surface area contributed by atoms with E-state index in [-0.39, 0.29) is 5.43 Å². The van der Waals surface area contributed by atoms with Crippen molar-refractivity contribution in [3.05, 3.63) is 119 Å². The fourth-order valence-corrected chi connectivity index (χ4v) is 6.67. The Hall–Kier alpha value is -4.03. The summed E-state index contributed by atoms with van der Waals surface area (Å²) in [5, 5.41) is 0.918. The highest BCUT2D eigenvalue weighted by Gasteiger charge is 2.17. The Morgan fingerprint density at radius 1 is 1.09 bits per heavy atom. The molecule has 222 valence electrons. The standard InChI is InChI=1S/C37H40N2O3S/c1-6-28-20-31-34(21-36(28)41-5)38-17-14-35(31)42-30(7-2)13-10-26(4)32-23-39(22-27-15-18-43-19-16-27)24-33(37(32)40)29-11-8-25(3)9-12-29/h7-14,17,20-21,23-24,27H,4,6,15-16,18-19,22H2,1-3,5H3/b13-10-,30-7+. The second-order valence-electron chi connectivity index (χ2n) is 11.0. The fraction of sp³-hybridized carbons (Fsp3) is 0.297. The Kier molecular flexibility index (Phi) is 9.88. The van der Waals surface area contributed by atoms with Crippen LogP contribution >= 0.6 is 11.8 Å². The number of aromatic nitrogens is 2. The molecule has 4 aromatic rings. The first-order chi connectivity index (χ1) is 20.9. The first-order valence-corrected chi connectivity index (χ1v) is 16.1. The van der Waals surface area contributed by atoms with Crippen molar-refractivity contribution in [2.45, 2.75) is 46.6 Å². The molecule has 3 heterocycles. The fourth-order valence-electron chi connectivity index (χ4n) is 5.47. The number of benzene rings is 2. The van der Waals surface area contributed by atoms with Crippen LogP contribution in [0.25, 0.3) is 27.6 Å². The van der Waals surface area contributed by atoms with E-state index in [0.29, 0.717) is 34.1 Å². The second kappa shape index (κ2) is 14.0. The van der Waals surface area contributed by atoms with Gasteiger partial charge >= 0.3 is 0 Å². The highest BCUT2D eigenvalue weighted by Crippen LogP contribution is 2.32. The molecule has 5 nitrogen and oxygen atoms in total. The SMILES string of the molecule is C=C(/C=C\C(=C/C)Oc1ccnc2cc(OC)c(CC)cc12)c1cn(CC2CCSCC2)cc(-c2ccc(C)cc2)c1=O. The van der Waals surface area contributed by atoms with E-state index in [0.717, 1.165) is 46.3 Å². The molecule has 1 saturated heterocycles. The minimum absolute atomic E-state index is 0.0157. The topological polar surface area (TPSA) is 53.4 Å². The third-order valence-corrected chi connectivity index (χ3v) is 9.09. The highest BCUT2D eigenvalue weighted by molar-refractivity contribution is 7.99. The summed E-state index contributed by atoms with van der Waals surface area (Å²) in [5.41, 5.74) is 5.92. The lowest BCUT2D eigenvalue weighted by molar-refractivity contribution is 0.410. The monoisotopic (exact) mass is 592 g/mol. The molecule has 0 atom stereocenters. The van der Waals surface area contributed by atoms with Gasteiger partial charge in [0.05, 0.1) is 12.6 Å². The molecule has 0 unspecified atom stereocenters. The van der Waals surface area contributed by atoms with Gasteiger partial charge in [-0.1, -0.05) is 49.4 Å². The average molecular weight is 593 g/mol. The van der Waals surface area contributed by atoms with E-state index in [4.69, 9.17) is 9.47 Å². The van der Waals surface area contributed by atoms with Crippen molar-refractivity contribution in [1.29, 1.82) is 0 Å². The number of thioether (sulfide) groups is 1. The van der Waals surface area contributed by atoms with Gasteiger partial charge in [-0.25, -0.2) is 0 Å². The smallest absolute Gasteiger partial charge is 0.197 e. The zero-order valence-corrected chi connectivity index (χ0v) is 26.4. The van der Waals surface area contributed by atoms with E-state index in [9.17, 15) is 4.79 Å². The molecule has 43 heavy (non-hydrogen) atoms. The van der Waals surface area contributed by atoms with Gasteiger partial charge in [-0.2, -0.15) is 11.8 Å². The Bertz CT molecular complexity index is 1730. The van der Waals surface area contributed by atoms with Gasteiger partial charge in [0.2, 0.25) is 0 Å². The maximum atomic E-state index is 13.8.